The number of halogens is 2. The van der Waals surface area contributed by atoms with Gasteiger partial charge in [0, 0.05) is 10.2 Å². The molecule has 0 aromatic rings. The molecule has 3 nitrogen and oxygen atoms in total. The molecule has 2 aliphatic rings. The monoisotopic (exact) mass is 354 g/mol. The van der Waals surface area contributed by atoms with Gasteiger partial charge in [0.1, 0.15) is 0 Å². The van der Waals surface area contributed by atoms with Crippen molar-refractivity contribution in [1.82, 2.24) is 0 Å². The highest BCUT2D eigenvalue weighted by Crippen LogP contribution is 2.72. The zero-order valence-corrected chi connectivity index (χ0v) is 12.5. The van der Waals surface area contributed by atoms with Crippen LogP contribution in [0.1, 0.15) is 33.1 Å². The molecule has 0 amide bonds. The molecule has 2 rings (SSSR count). The second kappa shape index (κ2) is 3.45. The predicted molar refractivity (Wildman–Crippen MR) is 68.1 cm³/mol. The van der Waals surface area contributed by atoms with Gasteiger partial charge in [-0.05, 0) is 18.3 Å². The molecular formula is C11H16Br2O3. The average molecular weight is 356 g/mol. The van der Waals surface area contributed by atoms with Crippen molar-refractivity contribution >= 4 is 37.8 Å². The summed E-state index contributed by atoms with van der Waals surface area (Å²) in [6.07, 6.45) is 1.25. The second-order valence-corrected chi connectivity index (χ2v) is 8.03. The van der Waals surface area contributed by atoms with Crippen molar-refractivity contribution < 1.29 is 15.0 Å². The number of aliphatic hydroxyl groups excluding tert-OH is 1. The maximum absolute atomic E-state index is 11.1. The standard InChI is InChI=1S/C11H16Br2O3/c1-9(2)8(16)11(13)4-3-10(9,7(11)12)5-6(14)15/h7-8,16H,3-5H2,1-2H3,(H,14,15). The highest BCUT2D eigenvalue weighted by molar-refractivity contribution is 9.12. The van der Waals surface area contributed by atoms with Gasteiger partial charge in [-0.3, -0.25) is 4.79 Å². The molecule has 0 aromatic heterocycles. The average Bonchev–Trinajstić information content (AvgIpc) is 2.46. The summed E-state index contributed by atoms with van der Waals surface area (Å²) in [5.41, 5.74) is -0.747. The molecule has 2 aliphatic carbocycles. The van der Waals surface area contributed by atoms with E-state index in [0.29, 0.717) is 0 Å². The van der Waals surface area contributed by atoms with E-state index in [4.69, 9.17) is 5.11 Å². The Bertz CT molecular complexity index is 344. The van der Waals surface area contributed by atoms with Crippen LogP contribution in [0.4, 0.5) is 0 Å². The Morgan fingerprint density at radius 1 is 1.44 bits per heavy atom. The van der Waals surface area contributed by atoms with E-state index < -0.39 is 12.1 Å². The van der Waals surface area contributed by atoms with E-state index in [1.54, 1.807) is 0 Å². The lowest BCUT2D eigenvalue weighted by molar-refractivity contribution is -0.143. The molecule has 0 aromatic carbocycles. The summed E-state index contributed by atoms with van der Waals surface area (Å²) in [6.45, 7) is 3.94. The fraction of sp³-hybridized carbons (Fsp3) is 0.909. The fourth-order valence-corrected chi connectivity index (χ4v) is 6.27. The smallest absolute Gasteiger partial charge is 0.303 e. The molecule has 0 heterocycles. The van der Waals surface area contributed by atoms with Crippen molar-refractivity contribution in [2.75, 3.05) is 0 Å². The van der Waals surface area contributed by atoms with Crippen molar-refractivity contribution in [3.8, 4) is 0 Å². The number of hydrogen-bond donors (Lipinski definition) is 2. The minimum absolute atomic E-state index is 0.00796. The summed E-state index contributed by atoms with van der Waals surface area (Å²) in [4.78, 5) is 11.1. The number of alkyl halides is 2. The fourth-order valence-electron chi connectivity index (χ4n) is 3.60. The van der Waals surface area contributed by atoms with Crippen LogP contribution >= 0.6 is 31.9 Å². The highest BCUT2D eigenvalue weighted by atomic mass is 79.9. The van der Waals surface area contributed by atoms with Gasteiger partial charge in [-0.2, -0.15) is 0 Å². The molecule has 2 N–H and O–H groups in total. The van der Waals surface area contributed by atoms with Crippen molar-refractivity contribution in [3.05, 3.63) is 0 Å². The van der Waals surface area contributed by atoms with Gasteiger partial charge in [-0.25, -0.2) is 0 Å². The van der Waals surface area contributed by atoms with Crippen LogP contribution in [0.2, 0.25) is 0 Å². The van der Waals surface area contributed by atoms with Crippen LogP contribution in [-0.4, -0.2) is 31.4 Å². The Morgan fingerprint density at radius 3 is 2.38 bits per heavy atom. The van der Waals surface area contributed by atoms with Crippen molar-refractivity contribution in [1.29, 1.82) is 0 Å². The Balaban J connectivity index is 2.48. The van der Waals surface area contributed by atoms with E-state index >= 15 is 0 Å². The summed E-state index contributed by atoms with van der Waals surface area (Å²) in [5.74, 6) is -0.789. The summed E-state index contributed by atoms with van der Waals surface area (Å²) < 4.78 is -0.369. The third-order valence-electron chi connectivity index (χ3n) is 4.75. The summed E-state index contributed by atoms with van der Waals surface area (Å²) in [6, 6.07) is 0. The van der Waals surface area contributed by atoms with Crippen molar-refractivity contribution in [3.63, 3.8) is 0 Å². The topological polar surface area (TPSA) is 57.5 Å². The Labute approximate surface area is 112 Å². The molecule has 2 fully saturated rings. The third-order valence-corrected chi connectivity index (χ3v) is 8.34. The van der Waals surface area contributed by atoms with Gasteiger partial charge in [0.15, 0.2) is 0 Å². The molecule has 4 atom stereocenters. The minimum atomic E-state index is -0.789. The summed E-state index contributed by atoms with van der Waals surface area (Å²) in [7, 11) is 0. The van der Waals surface area contributed by atoms with Crippen LogP contribution in [0.25, 0.3) is 0 Å². The number of rotatable bonds is 2. The lowest BCUT2D eigenvalue weighted by atomic mass is 9.62. The first-order valence-electron chi connectivity index (χ1n) is 5.41. The first-order valence-corrected chi connectivity index (χ1v) is 7.12. The zero-order valence-electron chi connectivity index (χ0n) is 9.33. The molecule has 2 bridgehead atoms. The maximum Gasteiger partial charge on any atom is 0.303 e. The van der Waals surface area contributed by atoms with Crippen LogP contribution in [0.3, 0.4) is 0 Å². The third kappa shape index (κ3) is 1.25. The van der Waals surface area contributed by atoms with Crippen LogP contribution in [0.5, 0.6) is 0 Å². The molecule has 4 unspecified atom stereocenters. The Morgan fingerprint density at radius 2 is 2.00 bits per heavy atom. The number of aliphatic hydroxyl groups is 1. The van der Waals surface area contributed by atoms with Crippen LogP contribution in [0, 0.1) is 10.8 Å². The largest absolute Gasteiger partial charge is 0.481 e. The maximum atomic E-state index is 11.1. The van der Waals surface area contributed by atoms with E-state index in [-0.39, 0.29) is 26.4 Å². The minimum Gasteiger partial charge on any atom is -0.481 e. The van der Waals surface area contributed by atoms with Gasteiger partial charge in [0.2, 0.25) is 0 Å². The summed E-state index contributed by atoms with van der Waals surface area (Å²) in [5, 5.41) is 19.5. The number of hydrogen-bond acceptors (Lipinski definition) is 2. The SMILES string of the molecule is CC1(C)C(O)C2(Br)CCC1(CC(=O)O)C2Br. The highest BCUT2D eigenvalue weighted by Gasteiger charge is 2.74. The van der Waals surface area contributed by atoms with E-state index in [2.05, 4.69) is 31.9 Å². The quantitative estimate of drug-likeness (QED) is 0.748. The van der Waals surface area contributed by atoms with Crippen LogP contribution in [0.15, 0.2) is 0 Å². The normalized spacial score (nSPS) is 49.6. The van der Waals surface area contributed by atoms with Gasteiger partial charge in [-0.15, -0.1) is 0 Å². The van der Waals surface area contributed by atoms with Crippen molar-refractivity contribution in [2.24, 2.45) is 10.8 Å². The molecule has 0 spiro atoms. The molecule has 0 radical (unpaired) electrons. The number of aliphatic carboxylic acids is 1. The van der Waals surface area contributed by atoms with Gasteiger partial charge >= 0.3 is 5.97 Å². The number of fused-ring (bicyclic) bond motifs is 2. The lowest BCUT2D eigenvalue weighted by Crippen LogP contribution is -2.47. The van der Waals surface area contributed by atoms with Gasteiger partial charge in [-0.1, -0.05) is 45.7 Å². The number of carboxylic acid groups (broad SMARTS) is 1. The first kappa shape index (κ1) is 12.8. The molecule has 92 valence electrons. The lowest BCUT2D eigenvalue weighted by Gasteiger charge is -2.45. The Kier molecular flexibility index (Phi) is 2.77. The number of carbonyl (C=O) groups is 1. The molecule has 5 heteroatoms. The second-order valence-electron chi connectivity index (χ2n) is 5.64. The van der Waals surface area contributed by atoms with Crippen LogP contribution < -0.4 is 0 Å². The molecule has 0 aliphatic heterocycles. The predicted octanol–water partition coefficient (Wildman–Crippen LogP) is 2.54. The molecule has 2 saturated carbocycles. The van der Waals surface area contributed by atoms with E-state index in [0.717, 1.165) is 12.8 Å². The van der Waals surface area contributed by atoms with Gasteiger partial charge < -0.3 is 10.2 Å². The molecule has 0 saturated heterocycles. The Hall–Kier alpha value is 0.390. The number of carboxylic acids is 1. The molecule has 16 heavy (non-hydrogen) atoms. The summed E-state index contributed by atoms with van der Waals surface area (Å²) >= 11 is 7.25. The first-order chi connectivity index (χ1) is 7.18. The van der Waals surface area contributed by atoms with E-state index in [1.807, 2.05) is 13.8 Å². The zero-order chi connectivity index (χ0) is 12.4. The van der Waals surface area contributed by atoms with Crippen molar-refractivity contribution in [2.45, 2.75) is 48.4 Å². The molecular weight excluding hydrogens is 340 g/mol. The van der Waals surface area contributed by atoms with Gasteiger partial charge in [0.25, 0.3) is 0 Å². The van der Waals surface area contributed by atoms with E-state index in [9.17, 15) is 9.90 Å². The van der Waals surface area contributed by atoms with E-state index in [1.165, 1.54) is 0 Å². The van der Waals surface area contributed by atoms with Gasteiger partial charge in [0.05, 0.1) is 16.8 Å². The van der Waals surface area contributed by atoms with Crippen LogP contribution in [-0.2, 0) is 4.79 Å².